The van der Waals surface area contributed by atoms with Crippen molar-refractivity contribution < 1.29 is 27.9 Å². The Bertz CT molecular complexity index is 1640. The van der Waals surface area contributed by atoms with Gasteiger partial charge in [0.2, 0.25) is 10.0 Å². The third kappa shape index (κ3) is 6.27. The SMILES string of the molecule is CCc1cc(S(=O)(=O)N[C@@H](C(=O)O)[N@+]2(CC(C)(C)C)C(=O)CO[C@H](c3ccccc3Cl)c3cc(Cl)ccc32)ccc1C. The number of carboxylic acid groups (broad SMARTS) is 1. The van der Waals surface area contributed by atoms with Crippen LogP contribution in [0.15, 0.2) is 65.6 Å². The van der Waals surface area contributed by atoms with Gasteiger partial charge < -0.3 is 9.84 Å². The van der Waals surface area contributed by atoms with Crippen molar-refractivity contribution in [3.8, 4) is 0 Å². The zero-order valence-electron chi connectivity index (χ0n) is 24.1. The molecule has 3 aromatic carbocycles. The van der Waals surface area contributed by atoms with Crippen LogP contribution in [0.3, 0.4) is 0 Å². The lowest BCUT2D eigenvalue weighted by Crippen LogP contribution is -2.72. The Hall–Kier alpha value is -2.79. The number of hydrogen-bond acceptors (Lipinski definition) is 5. The average molecular weight is 635 g/mol. The Balaban J connectivity index is 2.00. The number of nitrogens with zero attached hydrogens (tertiary/aromatic N) is 1. The number of carbonyl (C=O) groups is 2. The molecular weight excluding hydrogens is 599 g/mol. The molecule has 0 aromatic heterocycles. The summed E-state index contributed by atoms with van der Waals surface area (Å²) in [5.41, 5.74) is 2.32. The number of rotatable bonds is 8. The highest BCUT2D eigenvalue weighted by molar-refractivity contribution is 7.89. The van der Waals surface area contributed by atoms with Crippen LogP contribution in [-0.4, -0.2) is 44.7 Å². The van der Waals surface area contributed by atoms with E-state index in [0.717, 1.165) is 11.1 Å². The first-order chi connectivity index (χ1) is 19.6. The third-order valence-corrected chi connectivity index (χ3v) is 9.37. The van der Waals surface area contributed by atoms with E-state index in [-0.39, 0.29) is 17.1 Å². The Kier molecular flexibility index (Phi) is 9.23. The van der Waals surface area contributed by atoms with Crippen molar-refractivity contribution in [2.24, 2.45) is 5.41 Å². The Morgan fingerprint density at radius 2 is 1.79 bits per heavy atom. The highest BCUT2D eigenvalue weighted by Gasteiger charge is 2.57. The summed E-state index contributed by atoms with van der Waals surface area (Å²) in [6.45, 7) is 8.78. The molecule has 0 fully saturated rings. The van der Waals surface area contributed by atoms with Gasteiger partial charge in [-0.1, -0.05) is 75.2 Å². The lowest BCUT2D eigenvalue weighted by atomic mass is 9.91. The van der Waals surface area contributed by atoms with E-state index in [1.807, 2.05) is 34.6 Å². The van der Waals surface area contributed by atoms with E-state index in [2.05, 4.69) is 4.72 Å². The molecule has 0 saturated carbocycles. The van der Waals surface area contributed by atoms with Crippen LogP contribution in [0.1, 0.15) is 56.1 Å². The summed E-state index contributed by atoms with van der Waals surface area (Å²) in [7, 11) is -4.40. The topological polar surface area (TPSA) is 110 Å². The summed E-state index contributed by atoms with van der Waals surface area (Å²) in [5, 5.41) is 11.4. The first kappa shape index (κ1) is 32.1. The number of carbonyl (C=O) groups excluding carboxylic acids is 1. The fourth-order valence-electron chi connectivity index (χ4n) is 5.57. The highest BCUT2D eigenvalue weighted by atomic mass is 35.5. The molecule has 0 bridgehead atoms. The van der Waals surface area contributed by atoms with Gasteiger partial charge in [0.1, 0.15) is 11.8 Å². The monoisotopic (exact) mass is 633 g/mol. The quantitative estimate of drug-likeness (QED) is 0.284. The van der Waals surface area contributed by atoms with E-state index >= 15 is 0 Å². The standard InChI is InChI=1S/C31H34Cl2N2O6S/c1-6-20-15-22(13-11-19(20)2)42(39,40)34-29(30(37)38)35(18-31(3,4)5)26-14-12-21(32)16-24(26)28(41-17-27(35)36)23-9-7-8-10-25(23)33/h7-16,28-29,34H,6,17-18H2,1-5H3/p+1/t28-,29-,35+/m1/s1. The van der Waals surface area contributed by atoms with E-state index in [9.17, 15) is 23.1 Å². The molecule has 0 unspecified atom stereocenters. The number of carboxylic acids is 1. The van der Waals surface area contributed by atoms with Crippen molar-refractivity contribution >= 4 is 50.8 Å². The minimum atomic E-state index is -4.40. The number of amides is 1. The molecule has 1 aliphatic heterocycles. The molecule has 0 spiro atoms. The Morgan fingerprint density at radius 1 is 1.10 bits per heavy atom. The molecule has 8 nitrogen and oxygen atoms in total. The normalized spacial score (nSPS) is 20.1. The zero-order chi connectivity index (χ0) is 31.0. The first-order valence-electron chi connectivity index (χ1n) is 13.5. The van der Waals surface area contributed by atoms with Gasteiger partial charge in [-0.25, -0.2) is 22.5 Å². The minimum Gasteiger partial charge on any atom is -0.476 e. The van der Waals surface area contributed by atoms with Crippen LogP contribution >= 0.6 is 23.2 Å². The molecule has 1 amide bonds. The Labute approximate surface area is 256 Å². The predicted molar refractivity (Wildman–Crippen MR) is 164 cm³/mol. The second-order valence-electron chi connectivity index (χ2n) is 11.7. The van der Waals surface area contributed by atoms with Crippen molar-refractivity contribution in [1.29, 1.82) is 0 Å². The number of quaternary nitrogens is 1. The van der Waals surface area contributed by atoms with Crippen LogP contribution in [0.2, 0.25) is 10.0 Å². The smallest absolute Gasteiger partial charge is 0.381 e. The molecule has 3 atom stereocenters. The summed E-state index contributed by atoms with van der Waals surface area (Å²) >= 11 is 13.0. The second-order valence-corrected chi connectivity index (χ2v) is 14.3. The molecule has 0 saturated heterocycles. The van der Waals surface area contributed by atoms with Crippen LogP contribution < -0.4 is 9.21 Å². The number of fused-ring (bicyclic) bond motifs is 1. The maximum Gasteiger partial charge on any atom is 0.381 e. The van der Waals surface area contributed by atoms with Gasteiger partial charge in [0, 0.05) is 32.7 Å². The van der Waals surface area contributed by atoms with Crippen LogP contribution in [0.4, 0.5) is 5.69 Å². The van der Waals surface area contributed by atoms with E-state index in [1.165, 1.54) is 12.1 Å². The van der Waals surface area contributed by atoms with Gasteiger partial charge in [0.15, 0.2) is 6.61 Å². The summed E-state index contributed by atoms with van der Waals surface area (Å²) in [6, 6.07) is 16.4. The van der Waals surface area contributed by atoms with Gasteiger partial charge in [-0.05, 0) is 54.8 Å². The summed E-state index contributed by atoms with van der Waals surface area (Å²) in [5.74, 6) is -2.15. The minimum absolute atomic E-state index is 0.0628. The fraction of sp³-hybridized carbons (Fsp3) is 0.355. The van der Waals surface area contributed by atoms with Crippen molar-refractivity contribution in [2.45, 2.75) is 58.2 Å². The van der Waals surface area contributed by atoms with Crippen molar-refractivity contribution in [3.05, 3.63) is 93.0 Å². The van der Waals surface area contributed by atoms with Crippen LogP contribution in [0.5, 0.6) is 0 Å². The number of aryl methyl sites for hydroxylation is 2. The number of aliphatic carboxylic acids is 1. The number of benzene rings is 3. The highest BCUT2D eigenvalue weighted by Crippen LogP contribution is 2.45. The number of halogens is 2. The molecule has 224 valence electrons. The molecule has 42 heavy (non-hydrogen) atoms. The van der Waals surface area contributed by atoms with Gasteiger partial charge in [-0.15, -0.1) is 4.72 Å². The van der Waals surface area contributed by atoms with Crippen molar-refractivity contribution in [1.82, 2.24) is 9.21 Å². The maximum absolute atomic E-state index is 14.3. The van der Waals surface area contributed by atoms with Crippen LogP contribution in [0.25, 0.3) is 0 Å². The summed E-state index contributed by atoms with van der Waals surface area (Å²) in [4.78, 5) is 27.4. The van der Waals surface area contributed by atoms with Gasteiger partial charge >= 0.3 is 11.9 Å². The summed E-state index contributed by atoms with van der Waals surface area (Å²) < 4.78 is 35.3. The molecule has 1 heterocycles. The molecular formula is C31H35Cl2N2O6S+. The number of nitrogens with one attached hydrogen (secondary N) is 1. The molecule has 0 radical (unpaired) electrons. The van der Waals surface area contributed by atoms with Crippen molar-refractivity contribution in [2.75, 3.05) is 13.2 Å². The zero-order valence-corrected chi connectivity index (χ0v) is 26.5. The molecule has 1 aliphatic rings. The lowest BCUT2D eigenvalue weighted by molar-refractivity contribution is -0.152. The van der Waals surface area contributed by atoms with E-state index in [1.54, 1.807) is 48.5 Å². The maximum atomic E-state index is 14.3. The van der Waals surface area contributed by atoms with Gasteiger partial charge in [-0.2, -0.15) is 0 Å². The third-order valence-electron chi connectivity index (χ3n) is 7.39. The van der Waals surface area contributed by atoms with Crippen molar-refractivity contribution in [3.63, 3.8) is 0 Å². The second kappa shape index (κ2) is 12.1. The first-order valence-corrected chi connectivity index (χ1v) is 15.8. The van der Waals surface area contributed by atoms with E-state index < -0.39 is 50.7 Å². The Morgan fingerprint density at radius 3 is 2.40 bits per heavy atom. The van der Waals surface area contributed by atoms with E-state index in [0.29, 0.717) is 27.6 Å². The average Bonchev–Trinajstić information content (AvgIpc) is 3.01. The molecule has 3 aromatic rings. The number of hydrogen-bond donors (Lipinski definition) is 2. The molecule has 11 heteroatoms. The van der Waals surface area contributed by atoms with Gasteiger partial charge in [0.25, 0.3) is 6.17 Å². The molecule has 0 aliphatic carbocycles. The predicted octanol–water partition coefficient (Wildman–Crippen LogP) is 6.25. The largest absolute Gasteiger partial charge is 0.476 e. The summed E-state index contributed by atoms with van der Waals surface area (Å²) in [6.07, 6.45) is -2.21. The van der Waals surface area contributed by atoms with Crippen LogP contribution in [0, 0.1) is 12.3 Å². The fourth-order valence-corrected chi connectivity index (χ4v) is 7.24. The number of sulfonamides is 1. The lowest BCUT2D eigenvalue weighted by Gasteiger charge is -2.43. The molecule has 4 rings (SSSR count). The molecule has 2 N–H and O–H groups in total. The van der Waals surface area contributed by atoms with Gasteiger partial charge in [0.05, 0.1) is 11.4 Å². The number of ether oxygens (including phenoxy) is 1. The van der Waals surface area contributed by atoms with Gasteiger partial charge in [-0.3, -0.25) is 0 Å². The van der Waals surface area contributed by atoms with Crippen LogP contribution in [-0.2, 0) is 30.8 Å². The van der Waals surface area contributed by atoms with E-state index in [4.69, 9.17) is 27.9 Å².